The highest BCUT2D eigenvalue weighted by atomic mass is 16.5. The molecule has 3 heterocycles. The predicted octanol–water partition coefficient (Wildman–Crippen LogP) is 1.07. The summed E-state index contributed by atoms with van der Waals surface area (Å²) in [6.45, 7) is 1.93. The molecule has 6 rings (SSSR count). The Morgan fingerprint density at radius 3 is 2.71 bits per heavy atom. The number of fused-ring (bicyclic) bond motifs is 4. The van der Waals surface area contributed by atoms with Crippen molar-refractivity contribution < 1.29 is 14.6 Å². The van der Waals surface area contributed by atoms with E-state index in [0.29, 0.717) is 5.56 Å². The van der Waals surface area contributed by atoms with Crippen molar-refractivity contribution in [3.63, 3.8) is 0 Å². The van der Waals surface area contributed by atoms with Gasteiger partial charge in [-0.25, -0.2) is 4.58 Å². The van der Waals surface area contributed by atoms with Gasteiger partial charge in [0.15, 0.2) is 0 Å². The highest BCUT2D eigenvalue weighted by molar-refractivity contribution is 5.97. The van der Waals surface area contributed by atoms with Crippen molar-refractivity contribution >= 4 is 17.2 Å². The third kappa shape index (κ3) is 2.62. The lowest BCUT2D eigenvalue weighted by atomic mass is 9.88. The summed E-state index contributed by atoms with van der Waals surface area (Å²) in [5.41, 5.74) is 6.42. The molecule has 154 valence electrons. The second-order valence-corrected chi connectivity index (χ2v) is 8.61. The molecular formula is C26H22N2O3. The monoisotopic (exact) mass is 410 g/mol. The number of hydrogen-bond acceptors (Lipinski definition) is 4. The topological polar surface area (TPSA) is 55.6 Å². The Morgan fingerprint density at radius 2 is 1.87 bits per heavy atom. The molecule has 3 aliphatic rings. The highest BCUT2D eigenvalue weighted by Crippen LogP contribution is 2.42. The lowest BCUT2D eigenvalue weighted by Gasteiger charge is -2.24. The first-order chi connectivity index (χ1) is 15.0. The molecule has 0 radical (unpaired) electrons. The fraction of sp³-hybridized carbons (Fsp3) is 0.231. The van der Waals surface area contributed by atoms with Gasteiger partial charge < -0.3 is 19.5 Å². The van der Waals surface area contributed by atoms with Crippen LogP contribution in [0.2, 0.25) is 0 Å². The van der Waals surface area contributed by atoms with Crippen LogP contribution in [-0.2, 0) is 12.8 Å². The zero-order valence-electron chi connectivity index (χ0n) is 17.6. The molecule has 0 unspecified atom stereocenters. The quantitative estimate of drug-likeness (QED) is 0.464. The van der Waals surface area contributed by atoms with Crippen LogP contribution in [0.25, 0.3) is 5.57 Å². The molecule has 0 amide bonds. The lowest BCUT2D eigenvalue weighted by Crippen LogP contribution is -2.28. The molecule has 0 fully saturated rings. The molecule has 0 bridgehead atoms. The van der Waals surface area contributed by atoms with Crippen LogP contribution in [0.3, 0.4) is 0 Å². The highest BCUT2D eigenvalue weighted by Gasteiger charge is 2.28. The number of likely N-dealkylation sites (N-methyl/N-ethyl adjacent to an activating group) is 2. The number of aromatic carboxylic acids is 1. The Bertz CT molecular complexity index is 1420. The molecule has 5 heteroatoms. The van der Waals surface area contributed by atoms with Crippen molar-refractivity contribution in [2.24, 2.45) is 0 Å². The van der Waals surface area contributed by atoms with Crippen LogP contribution in [0.1, 0.15) is 32.6 Å². The van der Waals surface area contributed by atoms with Gasteiger partial charge in [0.05, 0.1) is 12.0 Å². The van der Waals surface area contributed by atoms with Gasteiger partial charge in [0.2, 0.25) is 5.36 Å². The van der Waals surface area contributed by atoms with E-state index in [1.54, 1.807) is 12.1 Å². The molecule has 0 N–H and O–H groups in total. The van der Waals surface area contributed by atoms with Gasteiger partial charge >= 0.3 is 0 Å². The van der Waals surface area contributed by atoms with Gasteiger partial charge in [-0.1, -0.05) is 24.3 Å². The summed E-state index contributed by atoms with van der Waals surface area (Å²) < 4.78 is 8.68. The summed E-state index contributed by atoms with van der Waals surface area (Å²) in [7, 11) is 4.18. The zero-order chi connectivity index (χ0) is 21.3. The molecule has 0 aromatic heterocycles. The smallest absolute Gasteiger partial charge is 0.206 e. The third-order valence-electron chi connectivity index (χ3n) is 6.79. The van der Waals surface area contributed by atoms with E-state index in [1.165, 1.54) is 22.2 Å². The van der Waals surface area contributed by atoms with E-state index in [0.717, 1.165) is 53.8 Å². The minimum atomic E-state index is -1.17. The Hall–Kier alpha value is -3.60. The van der Waals surface area contributed by atoms with Crippen molar-refractivity contribution in [2.75, 3.05) is 32.1 Å². The van der Waals surface area contributed by atoms with Crippen LogP contribution >= 0.6 is 0 Å². The number of hydrogen-bond donors (Lipinski definition) is 0. The number of nitrogens with zero attached hydrogens (tertiary/aromatic N) is 2. The van der Waals surface area contributed by atoms with Crippen molar-refractivity contribution in [3.8, 4) is 11.5 Å². The number of rotatable bonds is 2. The number of ether oxygens (including phenoxy) is 1. The lowest BCUT2D eigenvalue weighted by molar-refractivity contribution is -0.255. The molecule has 3 aliphatic heterocycles. The average Bonchev–Trinajstić information content (AvgIpc) is 3.31. The van der Waals surface area contributed by atoms with E-state index in [-0.39, 0.29) is 5.56 Å². The molecule has 0 saturated carbocycles. The number of benzene rings is 3. The summed E-state index contributed by atoms with van der Waals surface area (Å²) in [6, 6.07) is 15.7. The van der Waals surface area contributed by atoms with E-state index in [4.69, 9.17) is 4.74 Å². The fourth-order valence-corrected chi connectivity index (χ4v) is 5.15. The van der Waals surface area contributed by atoms with E-state index in [2.05, 4.69) is 47.8 Å². The van der Waals surface area contributed by atoms with Crippen LogP contribution in [0, 0.1) is 0 Å². The van der Waals surface area contributed by atoms with E-state index < -0.39 is 5.97 Å². The number of carbonyl (C=O) groups excluding carboxylic acids is 1. The Kier molecular flexibility index (Phi) is 3.78. The molecule has 0 spiro atoms. The van der Waals surface area contributed by atoms with Crippen LogP contribution < -0.4 is 29.9 Å². The van der Waals surface area contributed by atoms with Crippen molar-refractivity contribution in [1.29, 1.82) is 0 Å². The molecule has 0 aliphatic carbocycles. The minimum Gasteiger partial charge on any atom is -0.545 e. The standard InChI is InChI=1S/C26H22N2O3/c1-27-9-7-15-11-19-23(13-21(15)27)31-24-14-22-16(8-10-28(22)2)12-20(24)25(19)17-5-3-4-6-18(17)26(29)30/h3-6,11-14H,7-10H2,1-2H3. The number of carboxylic acid groups (broad SMARTS) is 1. The minimum absolute atomic E-state index is 0.200. The van der Waals surface area contributed by atoms with Crippen LogP contribution in [-0.4, -0.2) is 33.2 Å². The summed E-state index contributed by atoms with van der Waals surface area (Å²) >= 11 is 0. The maximum Gasteiger partial charge on any atom is 0.206 e. The second kappa shape index (κ2) is 6.45. The average molecular weight is 410 g/mol. The first-order valence-corrected chi connectivity index (χ1v) is 10.6. The Balaban J connectivity index is 1.74. The maximum absolute atomic E-state index is 12.0. The van der Waals surface area contributed by atoms with Crippen molar-refractivity contribution in [1.82, 2.24) is 4.58 Å². The van der Waals surface area contributed by atoms with Crippen molar-refractivity contribution in [2.45, 2.75) is 12.8 Å². The van der Waals surface area contributed by atoms with Gasteiger partial charge in [-0.15, -0.1) is 0 Å². The maximum atomic E-state index is 12.0. The largest absolute Gasteiger partial charge is 0.545 e. The van der Waals surface area contributed by atoms with Crippen molar-refractivity contribution in [3.05, 3.63) is 86.9 Å². The molecule has 31 heavy (non-hydrogen) atoms. The van der Waals surface area contributed by atoms with Gasteiger partial charge in [-0.05, 0) is 29.7 Å². The van der Waals surface area contributed by atoms with Gasteiger partial charge in [-0.2, -0.15) is 0 Å². The van der Waals surface area contributed by atoms with Gasteiger partial charge in [0.25, 0.3) is 0 Å². The summed E-state index contributed by atoms with van der Waals surface area (Å²) in [5.74, 6) is 0.368. The van der Waals surface area contributed by atoms with Gasteiger partial charge in [0.1, 0.15) is 25.1 Å². The normalized spacial score (nSPS) is 15.9. The van der Waals surface area contributed by atoms with Gasteiger partial charge in [-0.3, -0.25) is 0 Å². The van der Waals surface area contributed by atoms with Crippen LogP contribution in [0.15, 0.2) is 48.5 Å². The third-order valence-corrected chi connectivity index (χ3v) is 6.79. The Labute approximate surface area is 180 Å². The second-order valence-electron chi connectivity index (χ2n) is 8.61. The van der Waals surface area contributed by atoms with Gasteiger partial charge in [0, 0.05) is 59.2 Å². The number of carbonyl (C=O) groups is 1. The first kappa shape index (κ1) is 18.2. The fourth-order valence-electron chi connectivity index (χ4n) is 5.15. The SMILES string of the molecule is CN1CCc2cc3c(cc21)Oc1cc2c(cc1=C3c1ccccc1C(=O)[O-])CC[N+]=2C. The zero-order valence-corrected chi connectivity index (χ0v) is 17.6. The van der Waals surface area contributed by atoms with Crippen LogP contribution in [0.5, 0.6) is 11.5 Å². The summed E-state index contributed by atoms with van der Waals surface area (Å²) in [4.78, 5) is 14.2. The summed E-state index contributed by atoms with van der Waals surface area (Å²) in [5, 5.41) is 14.1. The van der Waals surface area contributed by atoms with E-state index in [1.807, 2.05) is 12.1 Å². The number of anilines is 1. The molecule has 3 aromatic rings. The summed E-state index contributed by atoms with van der Waals surface area (Å²) in [6.07, 6.45) is 1.94. The van der Waals surface area contributed by atoms with E-state index >= 15 is 0 Å². The van der Waals surface area contributed by atoms with Crippen LogP contribution in [0.4, 0.5) is 5.69 Å². The molecule has 0 saturated heterocycles. The molecular weight excluding hydrogens is 388 g/mol. The molecule has 5 nitrogen and oxygen atoms in total. The predicted molar refractivity (Wildman–Crippen MR) is 117 cm³/mol. The molecule has 3 aromatic carbocycles. The Morgan fingerprint density at radius 1 is 1.03 bits per heavy atom. The van der Waals surface area contributed by atoms with E-state index in [9.17, 15) is 9.90 Å². The first-order valence-electron chi connectivity index (χ1n) is 10.6. The molecule has 0 atom stereocenters. The number of carboxylic acids is 1.